The fraction of sp³-hybridized carbons (Fsp3) is 0.118. The molecule has 0 aromatic heterocycles. The molecule has 0 spiro atoms. The molecule has 7 rings (SSSR count). The molecule has 2 aliphatic rings. The van der Waals surface area contributed by atoms with E-state index in [2.05, 4.69) is 62.4 Å². The molecule has 1 nitrogen and oxygen atoms in total. The Kier molecular flexibility index (Phi) is 4.54. The minimum Gasteiger partial charge on any atom is -0.472 e. The van der Waals surface area contributed by atoms with Gasteiger partial charge in [-0.05, 0) is 58.0 Å². The van der Waals surface area contributed by atoms with Crippen molar-refractivity contribution in [3.8, 4) is 16.9 Å². The summed E-state index contributed by atoms with van der Waals surface area (Å²) in [4.78, 5) is 0. The average molecular weight is 487 g/mol. The van der Waals surface area contributed by atoms with Crippen molar-refractivity contribution in [1.29, 1.82) is 0 Å². The molecule has 0 saturated heterocycles. The van der Waals surface area contributed by atoms with Gasteiger partial charge in [-0.25, -0.2) is 8.78 Å². The molecule has 0 unspecified atom stereocenters. The zero-order valence-corrected chi connectivity index (χ0v) is 20.6. The van der Waals surface area contributed by atoms with Gasteiger partial charge in [-0.2, -0.15) is 0 Å². The lowest BCUT2D eigenvalue weighted by atomic mass is 9.77. The zero-order valence-electron chi connectivity index (χ0n) is 20.6. The summed E-state index contributed by atoms with van der Waals surface area (Å²) >= 11 is 0. The van der Waals surface area contributed by atoms with E-state index >= 15 is 0 Å². The van der Waals surface area contributed by atoms with E-state index < -0.39 is 5.60 Å². The molecule has 0 bridgehead atoms. The summed E-state index contributed by atoms with van der Waals surface area (Å²) in [6, 6.07) is 29.7. The largest absolute Gasteiger partial charge is 0.472 e. The molecule has 0 radical (unpaired) electrons. The van der Waals surface area contributed by atoms with E-state index in [-0.39, 0.29) is 17.0 Å². The minimum atomic E-state index is -1.04. The molecule has 1 aliphatic heterocycles. The van der Waals surface area contributed by atoms with Crippen molar-refractivity contribution in [2.75, 3.05) is 0 Å². The highest BCUT2D eigenvalue weighted by atomic mass is 19.1. The van der Waals surface area contributed by atoms with Crippen molar-refractivity contribution in [2.24, 2.45) is 0 Å². The average Bonchev–Trinajstić information content (AvgIpc) is 3.17. The van der Waals surface area contributed by atoms with Gasteiger partial charge in [0.1, 0.15) is 17.4 Å². The van der Waals surface area contributed by atoms with Crippen LogP contribution in [0.5, 0.6) is 5.75 Å². The summed E-state index contributed by atoms with van der Waals surface area (Å²) in [5.74, 6) is 0.147. The molecule has 0 N–H and O–H groups in total. The molecule has 180 valence electrons. The number of halogens is 2. The van der Waals surface area contributed by atoms with Gasteiger partial charge in [0.25, 0.3) is 0 Å². The predicted octanol–water partition coefficient (Wildman–Crippen LogP) is 8.77. The number of fused-ring (bicyclic) bond motifs is 8. The van der Waals surface area contributed by atoms with E-state index in [1.54, 1.807) is 24.3 Å². The van der Waals surface area contributed by atoms with E-state index in [1.807, 2.05) is 12.1 Å². The monoisotopic (exact) mass is 486 g/mol. The number of ether oxygens (including phenoxy) is 1. The van der Waals surface area contributed by atoms with Crippen molar-refractivity contribution in [1.82, 2.24) is 0 Å². The molecule has 1 heterocycles. The molecule has 37 heavy (non-hydrogen) atoms. The summed E-state index contributed by atoms with van der Waals surface area (Å²) in [5.41, 5.74) is 6.37. The third-order valence-electron chi connectivity index (χ3n) is 7.99. The van der Waals surface area contributed by atoms with Gasteiger partial charge in [-0.3, -0.25) is 0 Å². The highest BCUT2D eigenvalue weighted by Crippen LogP contribution is 2.57. The van der Waals surface area contributed by atoms with Crippen molar-refractivity contribution >= 4 is 16.8 Å². The van der Waals surface area contributed by atoms with Gasteiger partial charge in [0.2, 0.25) is 0 Å². The standard InChI is InChI=1S/C34H24F2O/c1-33(2)29-10-6-5-9-27(29)30-25-7-3-4-8-26(25)32-28(31(30)33)19-20-34(37-32,21-11-15-23(35)16-12-21)22-13-17-24(36)18-14-22/h3-20H,1-2H3. The Hall–Kier alpha value is -4.24. The van der Waals surface area contributed by atoms with Crippen LogP contribution in [0.3, 0.4) is 0 Å². The van der Waals surface area contributed by atoms with Gasteiger partial charge in [0, 0.05) is 27.5 Å². The van der Waals surface area contributed by atoms with E-state index in [0.29, 0.717) is 0 Å². The van der Waals surface area contributed by atoms with Crippen molar-refractivity contribution in [3.05, 3.63) is 143 Å². The lowest BCUT2D eigenvalue weighted by Gasteiger charge is -2.38. The summed E-state index contributed by atoms with van der Waals surface area (Å²) in [5, 5.41) is 2.15. The van der Waals surface area contributed by atoms with Crippen LogP contribution in [0.1, 0.15) is 41.7 Å². The van der Waals surface area contributed by atoms with Gasteiger partial charge in [-0.1, -0.05) is 92.7 Å². The normalized spacial score (nSPS) is 16.1. The van der Waals surface area contributed by atoms with E-state index in [9.17, 15) is 8.78 Å². The number of hydrogen-bond acceptors (Lipinski definition) is 1. The van der Waals surface area contributed by atoms with Crippen molar-refractivity contribution < 1.29 is 13.5 Å². The fourth-order valence-electron chi connectivity index (χ4n) is 6.27. The summed E-state index contributed by atoms with van der Waals surface area (Å²) in [6.45, 7) is 4.53. The highest BCUT2D eigenvalue weighted by Gasteiger charge is 2.44. The molecule has 5 aromatic carbocycles. The lowest BCUT2D eigenvalue weighted by molar-refractivity contribution is 0.163. The summed E-state index contributed by atoms with van der Waals surface area (Å²) in [7, 11) is 0. The Morgan fingerprint density at radius 2 is 1.22 bits per heavy atom. The number of benzene rings is 5. The Balaban J connectivity index is 1.56. The van der Waals surface area contributed by atoms with Gasteiger partial charge >= 0.3 is 0 Å². The van der Waals surface area contributed by atoms with E-state index in [4.69, 9.17) is 4.74 Å². The SMILES string of the molecule is CC1(C)c2ccccc2-c2c1c1c(c3ccccc23)OC(c2ccc(F)cc2)(c2ccc(F)cc2)C=C1. The van der Waals surface area contributed by atoms with Crippen LogP contribution in [-0.2, 0) is 11.0 Å². The molecule has 0 amide bonds. The number of rotatable bonds is 2. The molecular formula is C34H24F2O. The van der Waals surface area contributed by atoms with Crippen molar-refractivity contribution in [3.63, 3.8) is 0 Å². The van der Waals surface area contributed by atoms with Gasteiger partial charge in [0.05, 0.1) is 0 Å². The highest BCUT2D eigenvalue weighted by molar-refractivity contribution is 6.08. The molecule has 1 aliphatic carbocycles. The Bertz CT molecular complexity index is 1680. The quantitative estimate of drug-likeness (QED) is 0.242. The third kappa shape index (κ3) is 3.00. The topological polar surface area (TPSA) is 9.23 Å². The molecule has 0 fully saturated rings. The molecule has 0 atom stereocenters. The fourth-order valence-corrected chi connectivity index (χ4v) is 6.27. The van der Waals surface area contributed by atoms with Gasteiger partial charge < -0.3 is 4.74 Å². The van der Waals surface area contributed by atoms with Gasteiger partial charge in [0.15, 0.2) is 5.60 Å². The second kappa shape index (κ2) is 7.63. The first-order valence-corrected chi connectivity index (χ1v) is 12.5. The Labute approximate surface area is 214 Å². The summed E-state index contributed by atoms with van der Waals surface area (Å²) < 4.78 is 34.9. The summed E-state index contributed by atoms with van der Waals surface area (Å²) in [6.07, 6.45) is 4.17. The van der Waals surface area contributed by atoms with Crippen LogP contribution in [0.25, 0.3) is 28.0 Å². The first kappa shape index (κ1) is 22.0. The maximum absolute atomic E-state index is 13.9. The van der Waals surface area contributed by atoms with Gasteiger partial charge in [-0.15, -0.1) is 0 Å². The smallest absolute Gasteiger partial charge is 0.178 e. The van der Waals surface area contributed by atoms with Crippen LogP contribution in [0.2, 0.25) is 0 Å². The molecule has 0 saturated carbocycles. The second-order valence-corrected chi connectivity index (χ2v) is 10.4. The third-order valence-corrected chi connectivity index (χ3v) is 7.99. The first-order chi connectivity index (χ1) is 17.9. The van der Waals surface area contributed by atoms with E-state index in [0.717, 1.165) is 33.2 Å². The molecule has 5 aromatic rings. The second-order valence-electron chi connectivity index (χ2n) is 10.4. The van der Waals surface area contributed by atoms with E-state index in [1.165, 1.54) is 46.5 Å². The van der Waals surface area contributed by atoms with Crippen LogP contribution in [0, 0.1) is 11.6 Å². The minimum absolute atomic E-state index is 0.223. The Morgan fingerprint density at radius 3 is 1.86 bits per heavy atom. The maximum Gasteiger partial charge on any atom is 0.178 e. The van der Waals surface area contributed by atoms with Crippen LogP contribution in [-0.4, -0.2) is 0 Å². The van der Waals surface area contributed by atoms with Crippen LogP contribution in [0.4, 0.5) is 8.78 Å². The molecule has 3 heteroatoms. The van der Waals surface area contributed by atoms with Crippen molar-refractivity contribution in [2.45, 2.75) is 24.9 Å². The Morgan fingerprint density at radius 1 is 0.649 bits per heavy atom. The first-order valence-electron chi connectivity index (χ1n) is 12.5. The van der Waals surface area contributed by atoms with Crippen LogP contribution < -0.4 is 4.74 Å². The molecular weight excluding hydrogens is 462 g/mol. The van der Waals surface area contributed by atoms with Crippen LogP contribution in [0.15, 0.2) is 103 Å². The lowest BCUT2D eigenvalue weighted by Crippen LogP contribution is -2.35. The predicted molar refractivity (Wildman–Crippen MR) is 145 cm³/mol. The maximum atomic E-state index is 13.9. The number of hydrogen-bond donors (Lipinski definition) is 0. The zero-order chi connectivity index (χ0) is 25.4. The van der Waals surface area contributed by atoms with Crippen LogP contribution >= 0.6 is 0 Å².